The molecule has 4 rings (SSSR count). The molecule has 2 aromatic carbocycles. The van der Waals surface area contributed by atoms with Crippen molar-refractivity contribution in [1.29, 1.82) is 0 Å². The van der Waals surface area contributed by atoms with E-state index in [0.29, 0.717) is 28.5 Å². The molecule has 0 radical (unpaired) electrons. The van der Waals surface area contributed by atoms with Crippen LogP contribution in [0.2, 0.25) is 10.0 Å². The first-order valence-corrected chi connectivity index (χ1v) is 13.2. The van der Waals surface area contributed by atoms with Crippen LogP contribution in [0.5, 0.6) is 0 Å². The number of carbonyl (C=O) groups is 4. The van der Waals surface area contributed by atoms with E-state index in [1.165, 1.54) is 31.2 Å². The molecule has 0 unspecified atom stereocenters. The summed E-state index contributed by atoms with van der Waals surface area (Å²) in [5.41, 5.74) is 0.510. The van der Waals surface area contributed by atoms with Crippen molar-refractivity contribution < 1.29 is 19.2 Å². The molecule has 178 valence electrons. The van der Waals surface area contributed by atoms with Gasteiger partial charge in [-0.15, -0.1) is 0 Å². The molecule has 5 atom stereocenters. The van der Waals surface area contributed by atoms with Crippen LogP contribution in [-0.4, -0.2) is 49.2 Å². The van der Waals surface area contributed by atoms with E-state index in [-0.39, 0.29) is 15.2 Å². The Morgan fingerprint density at radius 2 is 1.26 bits per heavy atom. The molecule has 0 spiro atoms. The van der Waals surface area contributed by atoms with E-state index >= 15 is 0 Å². The zero-order valence-electron chi connectivity index (χ0n) is 18.0. The summed E-state index contributed by atoms with van der Waals surface area (Å²) < 4.78 is 0. The van der Waals surface area contributed by atoms with Crippen LogP contribution >= 0.6 is 55.1 Å². The van der Waals surface area contributed by atoms with Gasteiger partial charge in [0.25, 0.3) is 17.7 Å². The molecule has 1 saturated heterocycles. The van der Waals surface area contributed by atoms with Crippen molar-refractivity contribution in [1.82, 2.24) is 10.0 Å². The normalized spacial score (nSPS) is 25.1. The monoisotopic (exact) mass is 628 g/mol. The fourth-order valence-electron chi connectivity index (χ4n) is 4.42. The van der Waals surface area contributed by atoms with Gasteiger partial charge >= 0.3 is 0 Å². The maximum Gasteiger partial charge on any atom is 0.273 e. The van der Waals surface area contributed by atoms with Gasteiger partial charge in [0.05, 0.1) is 11.8 Å². The summed E-state index contributed by atoms with van der Waals surface area (Å²) in [5.74, 6) is -3.15. The third-order valence-corrected chi connectivity index (χ3v) is 9.52. The topological polar surface area (TPSA) is 74.8 Å². The molecule has 0 aromatic heterocycles. The lowest BCUT2D eigenvalue weighted by atomic mass is 9.81. The third-order valence-electron chi connectivity index (χ3n) is 6.28. The van der Waals surface area contributed by atoms with Gasteiger partial charge in [0, 0.05) is 30.8 Å². The van der Waals surface area contributed by atoms with Gasteiger partial charge < -0.3 is 0 Å². The summed E-state index contributed by atoms with van der Waals surface area (Å²) >= 11 is 19.1. The lowest BCUT2D eigenvalue weighted by molar-refractivity contribution is -0.156. The number of halogens is 4. The van der Waals surface area contributed by atoms with Crippen molar-refractivity contribution in [3.63, 3.8) is 0 Å². The quantitative estimate of drug-likeness (QED) is 0.247. The Morgan fingerprint density at radius 1 is 0.853 bits per heavy atom. The van der Waals surface area contributed by atoms with Gasteiger partial charge in [0.2, 0.25) is 0 Å². The van der Waals surface area contributed by atoms with Crippen LogP contribution < -0.4 is 0 Å². The van der Waals surface area contributed by atoms with Crippen molar-refractivity contribution in [3.05, 3.63) is 69.7 Å². The molecular formula is C24H20Br2Cl2N2O4. The molecule has 1 aliphatic heterocycles. The number of hydrogen-bond donors (Lipinski definition) is 0. The Kier molecular flexibility index (Phi) is 7.53. The summed E-state index contributed by atoms with van der Waals surface area (Å²) in [6.07, 6.45) is 0.897. The van der Waals surface area contributed by atoms with Crippen LogP contribution in [0.15, 0.2) is 48.5 Å². The third kappa shape index (κ3) is 4.70. The highest BCUT2D eigenvalue weighted by Crippen LogP contribution is 2.44. The highest BCUT2D eigenvalue weighted by atomic mass is 79.9. The average molecular weight is 631 g/mol. The van der Waals surface area contributed by atoms with Gasteiger partial charge in [-0.1, -0.05) is 55.1 Å². The predicted molar refractivity (Wildman–Crippen MR) is 136 cm³/mol. The lowest BCUT2D eigenvalue weighted by Gasteiger charge is -2.34. The number of ketones is 1. The van der Waals surface area contributed by atoms with Crippen molar-refractivity contribution in [3.8, 4) is 0 Å². The molecule has 2 aromatic rings. The van der Waals surface area contributed by atoms with E-state index in [2.05, 4.69) is 31.9 Å². The van der Waals surface area contributed by atoms with Gasteiger partial charge in [0.15, 0.2) is 5.78 Å². The number of benzene rings is 2. The minimum Gasteiger partial charge on any atom is -0.292 e. The number of hydrogen-bond acceptors (Lipinski definition) is 4. The second kappa shape index (κ2) is 10.1. The summed E-state index contributed by atoms with van der Waals surface area (Å²) in [6, 6.07) is 11.2. The highest BCUT2D eigenvalue weighted by Gasteiger charge is 2.55. The molecule has 1 heterocycles. The maximum atomic E-state index is 13.6. The molecule has 1 aliphatic carbocycles. The first-order chi connectivity index (χ1) is 16.1. The number of amides is 3. The highest BCUT2D eigenvalue weighted by molar-refractivity contribution is 9.12. The van der Waals surface area contributed by atoms with Crippen LogP contribution in [0, 0.1) is 11.8 Å². The average Bonchev–Trinajstić information content (AvgIpc) is 3.04. The van der Waals surface area contributed by atoms with Crippen molar-refractivity contribution in [2.75, 3.05) is 0 Å². The summed E-state index contributed by atoms with van der Waals surface area (Å²) in [4.78, 5) is 54.0. The molecule has 10 heteroatoms. The summed E-state index contributed by atoms with van der Waals surface area (Å²) in [7, 11) is 0. The van der Waals surface area contributed by atoms with E-state index in [9.17, 15) is 19.2 Å². The Balaban J connectivity index is 1.74. The molecule has 2 fully saturated rings. The zero-order valence-corrected chi connectivity index (χ0v) is 22.6. The maximum absolute atomic E-state index is 13.6. The number of Topliss-reactive ketones (excluding diaryl/α,β-unsaturated/α-hetero) is 1. The fourth-order valence-corrected chi connectivity index (χ4v) is 5.91. The van der Waals surface area contributed by atoms with Crippen LogP contribution in [0.25, 0.3) is 0 Å². The molecule has 34 heavy (non-hydrogen) atoms. The number of imide groups is 1. The van der Waals surface area contributed by atoms with Crippen LogP contribution in [0.4, 0.5) is 0 Å². The van der Waals surface area contributed by atoms with E-state index < -0.39 is 41.4 Å². The van der Waals surface area contributed by atoms with Crippen LogP contribution in [-0.2, 0) is 9.59 Å². The van der Waals surface area contributed by atoms with E-state index in [1.54, 1.807) is 24.3 Å². The van der Waals surface area contributed by atoms with Gasteiger partial charge in [-0.2, -0.15) is 5.01 Å². The van der Waals surface area contributed by atoms with E-state index in [1.807, 2.05) is 0 Å². The summed E-state index contributed by atoms with van der Waals surface area (Å²) in [6.45, 7) is 1.51. The molecule has 2 aliphatic rings. The van der Waals surface area contributed by atoms with Gasteiger partial charge in [-0.3, -0.25) is 19.2 Å². The standard InChI is InChI=1S/C24H20Br2Cl2N2O4/c1-12(21(31)13-2-6-15(27)7-3-13)29(22(32)14-4-8-16(28)9-5-14)30-23(33)17-10-19(25)20(26)11-18(17)24(30)34/h2-9,12,17-20H,10-11H2,1H3/t12-,17-,18+,19+,20-/m1/s1. The Labute approximate surface area is 223 Å². The first-order valence-electron chi connectivity index (χ1n) is 10.6. The Bertz CT molecular complexity index is 1110. The van der Waals surface area contributed by atoms with Crippen LogP contribution in [0.1, 0.15) is 40.5 Å². The molecule has 0 bridgehead atoms. The smallest absolute Gasteiger partial charge is 0.273 e. The van der Waals surface area contributed by atoms with Crippen molar-refractivity contribution in [2.45, 2.75) is 35.5 Å². The number of nitrogens with zero attached hydrogens (tertiary/aromatic N) is 2. The minimum atomic E-state index is -1.13. The Hall–Kier alpha value is -1.74. The van der Waals surface area contributed by atoms with Gasteiger partial charge in [0.1, 0.15) is 6.04 Å². The van der Waals surface area contributed by atoms with Gasteiger partial charge in [-0.05, 0) is 68.3 Å². The number of fused-ring (bicyclic) bond motifs is 1. The number of alkyl halides is 2. The van der Waals surface area contributed by atoms with Crippen molar-refractivity contribution in [2.24, 2.45) is 11.8 Å². The number of hydrazine groups is 1. The van der Waals surface area contributed by atoms with E-state index in [4.69, 9.17) is 23.2 Å². The Morgan fingerprint density at radius 3 is 1.71 bits per heavy atom. The zero-order chi connectivity index (χ0) is 24.7. The molecule has 3 amide bonds. The number of rotatable bonds is 5. The van der Waals surface area contributed by atoms with Crippen molar-refractivity contribution >= 4 is 78.6 Å². The second-order valence-electron chi connectivity index (χ2n) is 8.41. The van der Waals surface area contributed by atoms with Crippen LogP contribution in [0.3, 0.4) is 0 Å². The first kappa shape index (κ1) is 25.4. The summed E-state index contributed by atoms with van der Waals surface area (Å²) in [5, 5.41) is 2.77. The largest absolute Gasteiger partial charge is 0.292 e. The fraction of sp³-hybridized carbons (Fsp3) is 0.333. The minimum absolute atomic E-state index is 0.0130. The molecular weight excluding hydrogens is 611 g/mol. The molecule has 6 nitrogen and oxygen atoms in total. The molecule has 1 saturated carbocycles. The van der Waals surface area contributed by atoms with E-state index in [0.717, 1.165) is 10.0 Å². The lowest BCUT2D eigenvalue weighted by Crippen LogP contribution is -2.56. The second-order valence-corrected chi connectivity index (χ2v) is 11.6. The predicted octanol–water partition coefficient (Wildman–Crippen LogP) is 5.54. The number of carbonyl (C=O) groups excluding carboxylic acids is 4. The van der Waals surface area contributed by atoms with Gasteiger partial charge in [-0.25, -0.2) is 5.01 Å². The molecule has 0 N–H and O–H groups in total. The SMILES string of the molecule is C[C@H](C(=O)c1ccc(Cl)cc1)N(C(=O)c1ccc(Cl)cc1)N1C(=O)[C@H]2C[C@@H](Br)[C@@H](Br)C[C@H]2C1=O.